The maximum absolute atomic E-state index is 12.6. The zero-order chi connectivity index (χ0) is 18.4. The Kier molecular flexibility index (Phi) is 6.29. The van der Waals surface area contributed by atoms with Crippen molar-refractivity contribution in [1.82, 2.24) is 9.80 Å². The molecule has 1 fully saturated rings. The minimum atomic E-state index is 0.212. The fourth-order valence-corrected chi connectivity index (χ4v) is 3.38. The van der Waals surface area contributed by atoms with Crippen LogP contribution in [-0.4, -0.2) is 48.5 Å². The lowest BCUT2D eigenvalue weighted by atomic mass is 10.1. The number of amides is 1. The van der Waals surface area contributed by atoms with Crippen LogP contribution < -0.4 is 4.74 Å². The summed E-state index contributed by atoms with van der Waals surface area (Å²) in [5, 5.41) is 0. The van der Waals surface area contributed by atoms with Crippen molar-refractivity contribution in [3.8, 4) is 5.75 Å². The summed E-state index contributed by atoms with van der Waals surface area (Å²) in [6.45, 7) is 9.19. The summed E-state index contributed by atoms with van der Waals surface area (Å²) in [5.41, 5.74) is 3.69. The second-order valence-electron chi connectivity index (χ2n) is 6.90. The van der Waals surface area contributed by atoms with Gasteiger partial charge in [0.1, 0.15) is 5.75 Å². The molecule has 1 amide bonds. The van der Waals surface area contributed by atoms with Crippen molar-refractivity contribution in [3.63, 3.8) is 0 Å². The van der Waals surface area contributed by atoms with E-state index in [0.29, 0.717) is 13.0 Å². The maximum atomic E-state index is 12.6. The number of hydrogen-bond acceptors (Lipinski definition) is 3. The van der Waals surface area contributed by atoms with Crippen molar-refractivity contribution < 1.29 is 9.53 Å². The quantitative estimate of drug-likeness (QED) is 0.800. The smallest absolute Gasteiger partial charge is 0.227 e. The van der Waals surface area contributed by atoms with E-state index in [2.05, 4.69) is 36.1 Å². The first-order valence-electron chi connectivity index (χ1n) is 9.41. The summed E-state index contributed by atoms with van der Waals surface area (Å²) in [4.78, 5) is 17.0. The number of benzene rings is 2. The molecule has 1 aliphatic rings. The van der Waals surface area contributed by atoms with Gasteiger partial charge in [0.05, 0.1) is 13.0 Å². The molecule has 0 aliphatic carbocycles. The summed E-state index contributed by atoms with van der Waals surface area (Å²) in [5.74, 6) is 1.07. The Morgan fingerprint density at radius 1 is 1.00 bits per heavy atom. The third-order valence-electron chi connectivity index (χ3n) is 4.80. The van der Waals surface area contributed by atoms with Gasteiger partial charge in [0.2, 0.25) is 5.91 Å². The van der Waals surface area contributed by atoms with Gasteiger partial charge in [-0.05, 0) is 37.1 Å². The van der Waals surface area contributed by atoms with Gasteiger partial charge in [0, 0.05) is 32.7 Å². The van der Waals surface area contributed by atoms with Gasteiger partial charge in [0.15, 0.2) is 0 Å². The van der Waals surface area contributed by atoms with Crippen LogP contribution in [0.1, 0.15) is 23.6 Å². The van der Waals surface area contributed by atoms with E-state index in [4.69, 9.17) is 4.74 Å². The van der Waals surface area contributed by atoms with Crippen LogP contribution in [0.15, 0.2) is 48.5 Å². The average molecular weight is 352 g/mol. The second kappa shape index (κ2) is 8.86. The Morgan fingerprint density at radius 2 is 1.73 bits per heavy atom. The zero-order valence-corrected chi connectivity index (χ0v) is 15.8. The van der Waals surface area contributed by atoms with Crippen molar-refractivity contribution in [2.45, 2.75) is 26.8 Å². The first kappa shape index (κ1) is 18.5. The number of rotatable bonds is 6. The molecule has 3 rings (SSSR count). The number of nitrogens with zero attached hydrogens (tertiary/aromatic N) is 2. The largest absolute Gasteiger partial charge is 0.494 e. The van der Waals surface area contributed by atoms with Crippen molar-refractivity contribution in [2.75, 3.05) is 32.8 Å². The van der Waals surface area contributed by atoms with Gasteiger partial charge in [0.25, 0.3) is 0 Å². The number of ether oxygens (including phenoxy) is 1. The molecule has 0 aromatic heterocycles. The monoisotopic (exact) mass is 352 g/mol. The number of piperazine rings is 1. The van der Waals surface area contributed by atoms with Crippen molar-refractivity contribution in [3.05, 3.63) is 65.2 Å². The van der Waals surface area contributed by atoms with E-state index in [1.807, 2.05) is 36.1 Å². The van der Waals surface area contributed by atoms with Crippen LogP contribution in [0.3, 0.4) is 0 Å². The van der Waals surface area contributed by atoms with Crippen LogP contribution in [-0.2, 0) is 17.8 Å². The first-order valence-corrected chi connectivity index (χ1v) is 9.41. The molecule has 0 bridgehead atoms. The molecule has 0 radical (unpaired) electrons. The number of carbonyl (C=O) groups excluding carboxylic acids is 1. The van der Waals surface area contributed by atoms with Crippen LogP contribution in [0.25, 0.3) is 0 Å². The molecule has 2 aromatic rings. The van der Waals surface area contributed by atoms with Crippen molar-refractivity contribution in [1.29, 1.82) is 0 Å². The van der Waals surface area contributed by atoms with Crippen LogP contribution in [0.4, 0.5) is 0 Å². The fourth-order valence-electron chi connectivity index (χ4n) is 3.38. The summed E-state index contributed by atoms with van der Waals surface area (Å²) >= 11 is 0. The van der Waals surface area contributed by atoms with Crippen LogP contribution in [0, 0.1) is 6.92 Å². The molecule has 2 aromatic carbocycles. The van der Waals surface area contributed by atoms with Crippen LogP contribution >= 0.6 is 0 Å². The van der Waals surface area contributed by atoms with Gasteiger partial charge in [-0.2, -0.15) is 0 Å². The molecule has 1 saturated heterocycles. The van der Waals surface area contributed by atoms with E-state index in [0.717, 1.165) is 44.0 Å². The van der Waals surface area contributed by atoms with Gasteiger partial charge in [-0.15, -0.1) is 0 Å². The zero-order valence-electron chi connectivity index (χ0n) is 15.8. The van der Waals surface area contributed by atoms with Gasteiger partial charge in [-0.1, -0.05) is 42.0 Å². The SMILES string of the molecule is CCOc1ccc(CC(=O)N2CCN(Cc3cccc(C)c3)CC2)cc1. The minimum absolute atomic E-state index is 0.212. The molecule has 1 aliphatic heterocycles. The molecule has 0 saturated carbocycles. The topological polar surface area (TPSA) is 32.8 Å². The Hall–Kier alpha value is -2.33. The fraction of sp³-hybridized carbons (Fsp3) is 0.409. The summed E-state index contributed by atoms with van der Waals surface area (Å²) < 4.78 is 5.45. The van der Waals surface area contributed by atoms with E-state index in [-0.39, 0.29) is 5.91 Å². The van der Waals surface area contributed by atoms with Crippen LogP contribution in [0.5, 0.6) is 5.75 Å². The highest BCUT2D eigenvalue weighted by atomic mass is 16.5. The van der Waals surface area contributed by atoms with E-state index >= 15 is 0 Å². The normalized spacial score (nSPS) is 15.1. The summed E-state index contributed by atoms with van der Waals surface area (Å²) in [6.07, 6.45) is 0.463. The third-order valence-corrected chi connectivity index (χ3v) is 4.80. The Labute approximate surface area is 156 Å². The van der Waals surface area contributed by atoms with Gasteiger partial charge < -0.3 is 9.64 Å². The molecule has 4 nitrogen and oxygen atoms in total. The molecule has 0 atom stereocenters. The lowest BCUT2D eigenvalue weighted by Gasteiger charge is -2.35. The second-order valence-corrected chi connectivity index (χ2v) is 6.90. The Balaban J connectivity index is 1.47. The average Bonchev–Trinajstić information content (AvgIpc) is 2.64. The van der Waals surface area contributed by atoms with Crippen molar-refractivity contribution >= 4 is 5.91 Å². The van der Waals surface area contributed by atoms with E-state index in [9.17, 15) is 4.79 Å². The van der Waals surface area contributed by atoms with E-state index in [1.54, 1.807) is 0 Å². The highest BCUT2D eigenvalue weighted by Gasteiger charge is 2.21. The maximum Gasteiger partial charge on any atom is 0.227 e. The molecular formula is C22H28N2O2. The molecule has 1 heterocycles. The van der Waals surface area contributed by atoms with E-state index < -0.39 is 0 Å². The Morgan fingerprint density at radius 3 is 2.38 bits per heavy atom. The number of carbonyl (C=O) groups is 1. The van der Waals surface area contributed by atoms with Gasteiger partial charge in [-0.25, -0.2) is 0 Å². The first-order chi connectivity index (χ1) is 12.6. The molecule has 26 heavy (non-hydrogen) atoms. The summed E-state index contributed by atoms with van der Waals surface area (Å²) in [7, 11) is 0. The highest BCUT2D eigenvalue weighted by molar-refractivity contribution is 5.79. The standard InChI is InChI=1S/C22H28N2O2/c1-3-26-21-9-7-19(8-10-21)16-22(25)24-13-11-23(12-14-24)17-20-6-4-5-18(2)15-20/h4-10,15H,3,11-14,16-17H2,1-2H3. The highest BCUT2D eigenvalue weighted by Crippen LogP contribution is 2.15. The number of hydrogen-bond donors (Lipinski definition) is 0. The van der Waals surface area contributed by atoms with Gasteiger partial charge in [-0.3, -0.25) is 9.69 Å². The van der Waals surface area contributed by atoms with Crippen molar-refractivity contribution in [2.24, 2.45) is 0 Å². The number of aryl methyl sites for hydroxylation is 1. The van der Waals surface area contributed by atoms with Gasteiger partial charge >= 0.3 is 0 Å². The Bertz CT molecular complexity index is 719. The summed E-state index contributed by atoms with van der Waals surface area (Å²) in [6, 6.07) is 16.5. The molecule has 0 spiro atoms. The molecule has 0 unspecified atom stereocenters. The molecule has 0 N–H and O–H groups in total. The predicted molar refractivity (Wildman–Crippen MR) is 104 cm³/mol. The van der Waals surface area contributed by atoms with E-state index in [1.165, 1.54) is 11.1 Å². The van der Waals surface area contributed by atoms with Crippen LogP contribution in [0.2, 0.25) is 0 Å². The molecule has 138 valence electrons. The minimum Gasteiger partial charge on any atom is -0.494 e. The predicted octanol–water partition coefficient (Wildman–Crippen LogP) is 3.28. The lowest BCUT2D eigenvalue weighted by molar-refractivity contribution is -0.132. The third kappa shape index (κ3) is 5.09. The lowest BCUT2D eigenvalue weighted by Crippen LogP contribution is -2.48. The molecular weight excluding hydrogens is 324 g/mol. The molecule has 4 heteroatoms.